The molecule has 0 radical (unpaired) electrons. The Morgan fingerprint density at radius 2 is 2.08 bits per heavy atom. The Labute approximate surface area is 152 Å². The SMILES string of the molecule is CCCN(CCn1c(C)csc1=O)CC(=O)Nc1ccccc1OC. The van der Waals surface area contributed by atoms with Gasteiger partial charge in [-0.1, -0.05) is 30.4 Å². The van der Waals surface area contributed by atoms with Gasteiger partial charge in [0.05, 0.1) is 19.3 Å². The number of hydrogen-bond acceptors (Lipinski definition) is 5. The Balaban J connectivity index is 1.96. The first-order valence-corrected chi connectivity index (χ1v) is 9.23. The van der Waals surface area contributed by atoms with Crippen molar-refractivity contribution in [3.8, 4) is 5.75 Å². The summed E-state index contributed by atoms with van der Waals surface area (Å²) in [5.74, 6) is 0.547. The van der Waals surface area contributed by atoms with Crippen molar-refractivity contribution in [3.63, 3.8) is 0 Å². The predicted octanol–water partition coefficient (Wildman–Crippen LogP) is 2.58. The number of nitrogens with one attached hydrogen (secondary N) is 1. The maximum Gasteiger partial charge on any atom is 0.307 e. The predicted molar refractivity (Wildman–Crippen MR) is 102 cm³/mol. The Kier molecular flexibility index (Phi) is 7.21. The molecule has 0 spiro atoms. The van der Waals surface area contributed by atoms with E-state index in [1.165, 1.54) is 11.3 Å². The van der Waals surface area contributed by atoms with E-state index in [1.54, 1.807) is 11.7 Å². The van der Waals surface area contributed by atoms with Crippen LogP contribution in [0.3, 0.4) is 0 Å². The van der Waals surface area contributed by atoms with Crippen LogP contribution < -0.4 is 14.9 Å². The summed E-state index contributed by atoms with van der Waals surface area (Å²) in [4.78, 5) is 26.3. The van der Waals surface area contributed by atoms with Crippen molar-refractivity contribution in [2.45, 2.75) is 26.8 Å². The number of methoxy groups -OCH3 is 1. The number of ether oxygens (including phenoxy) is 1. The monoisotopic (exact) mass is 363 g/mol. The van der Waals surface area contributed by atoms with E-state index in [-0.39, 0.29) is 17.3 Å². The third kappa shape index (κ3) is 5.44. The van der Waals surface area contributed by atoms with Gasteiger partial charge in [0, 0.05) is 24.2 Å². The van der Waals surface area contributed by atoms with Gasteiger partial charge < -0.3 is 14.6 Å². The molecule has 0 saturated carbocycles. The van der Waals surface area contributed by atoms with Gasteiger partial charge in [-0.3, -0.25) is 14.5 Å². The minimum Gasteiger partial charge on any atom is -0.495 e. The van der Waals surface area contributed by atoms with E-state index < -0.39 is 0 Å². The van der Waals surface area contributed by atoms with Crippen LogP contribution in [0.15, 0.2) is 34.4 Å². The molecule has 0 atom stereocenters. The van der Waals surface area contributed by atoms with Gasteiger partial charge in [0.25, 0.3) is 0 Å². The minimum atomic E-state index is -0.0904. The summed E-state index contributed by atoms with van der Waals surface area (Å²) >= 11 is 1.21. The highest BCUT2D eigenvalue weighted by Gasteiger charge is 2.13. The zero-order valence-electron chi connectivity index (χ0n) is 14.9. The van der Waals surface area contributed by atoms with E-state index in [0.29, 0.717) is 24.5 Å². The van der Waals surface area contributed by atoms with Crippen LogP contribution in [-0.2, 0) is 11.3 Å². The van der Waals surface area contributed by atoms with Crippen molar-refractivity contribution in [2.24, 2.45) is 0 Å². The molecular weight excluding hydrogens is 338 g/mol. The number of amides is 1. The van der Waals surface area contributed by atoms with Crippen molar-refractivity contribution in [2.75, 3.05) is 32.1 Å². The maximum absolute atomic E-state index is 12.4. The first kappa shape index (κ1) is 19.2. The first-order chi connectivity index (χ1) is 12.0. The molecule has 0 saturated heterocycles. The molecule has 0 aliphatic carbocycles. The van der Waals surface area contributed by atoms with E-state index in [9.17, 15) is 9.59 Å². The quantitative estimate of drug-likeness (QED) is 0.744. The lowest BCUT2D eigenvalue weighted by Gasteiger charge is -2.21. The number of thiazole rings is 1. The molecular formula is C18H25N3O3S. The van der Waals surface area contributed by atoms with Crippen LogP contribution in [0.1, 0.15) is 19.0 Å². The molecule has 0 bridgehead atoms. The second kappa shape index (κ2) is 9.39. The van der Waals surface area contributed by atoms with Crippen LogP contribution in [-0.4, -0.2) is 42.1 Å². The molecule has 1 N–H and O–H groups in total. The van der Waals surface area contributed by atoms with Gasteiger partial charge in [-0.05, 0) is 32.0 Å². The van der Waals surface area contributed by atoms with Gasteiger partial charge in [0.15, 0.2) is 0 Å². The Hall–Kier alpha value is -2.12. The fourth-order valence-corrected chi connectivity index (χ4v) is 3.40. The molecule has 1 heterocycles. The van der Waals surface area contributed by atoms with E-state index >= 15 is 0 Å². The average Bonchev–Trinajstić information content (AvgIpc) is 2.91. The lowest BCUT2D eigenvalue weighted by Crippen LogP contribution is -2.37. The number of benzene rings is 1. The minimum absolute atomic E-state index is 0.0485. The standard InChI is InChI=1S/C18H25N3O3S/c1-4-9-20(10-11-21-14(2)13-25-18(21)23)12-17(22)19-15-7-5-6-8-16(15)24-3/h5-8,13H,4,9-12H2,1-3H3,(H,19,22). The molecule has 0 aliphatic rings. The van der Waals surface area contributed by atoms with Crippen molar-refractivity contribution < 1.29 is 9.53 Å². The van der Waals surface area contributed by atoms with Crippen molar-refractivity contribution in [1.82, 2.24) is 9.47 Å². The van der Waals surface area contributed by atoms with E-state index in [4.69, 9.17) is 4.74 Å². The molecule has 0 aliphatic heterocycles. The number of para-hydroxylation sites is 2. The van der Waals surface area contributed by atoms with E-state index in [0.717, 1.165) is 18.7 Å². The molecule has 0 unspecified atom stereocenters. The van der Waals surface area contributed by atoms with Gasteiger partial charge in [0.2, 0.25) is 5.91 Å². The number of hydrogen-bond donors (Lipinski definition) is 1. The normalized spacial score (nSPS) is 10.9. The number of aryl methyl sites for hydroxylation is 1. The molecule has 6 nitrogen and oxygen atoms in total. The second-order valence-corrected chi connectivity index (χ2v) is 6.64. The molecule has 7 heteroatoms. The summed E-state index contributed by atoms with van der Waals surface area (Å²) in [5, 5.41) is 4.76. The van der Waals surface area contributed by atoms with Crippen LogP contribution >= 0.6 is 11.3 Å². The summed E-state index contributed by atoms with van der Waals surface area (Å²) in [6.45, 7) is 6.34. The van der Waals surface area contributed by atoms with Crippen LogP contribution in [0, 0.1) is 6.92 Å². The number of anilines is 1. The highest BCUT2D eigenvalue weighted by atomic mass is 32.1. The smallest absolute Gasteiger partial charge is 0.307 e. The fraction of sp³-hybridized carbons (Fsp3) is 0.444. The summed E-state index contributed by atoms with van der Waals surface area (Å²) in [5.41, 5.74) is 1.63. The largest absolute Gasteiger partial charge is 0.495 e. The second-order valence-electron chi connectivity index (χ2n) is 5.82. The van der Waals surface area contributed by atoms with E-state index in [1.807, 2.05) is 36.6 Å². The van der Waals surface area contributed by atoms with Crippen LogP contribution in [0.2, 0.25) is 0 Å². The summed E-state index contributed by atoms with van der Waals surface area (Å²) in [7, 11) is 1.58. The average molecular weight is 363 g/mol. The van der Waals surface area contributed by atoms with Crippen molar-refractivity contribution >= 4 is 22.9 Å². The first-order valence-electron chi connectivity index (χ1n) is 8.35. The Morgan fingerprint density at radius 3 is 2.72 bits per heavy atom. The van der Waals surface area contributed by atoms with Crippen molar-refractivity contribution in [3.05, 3.63) is 45.0 Å². The van der Waals surface area contributed by atoms with Gasteiger partial charge in [-0.15, -0.1) is 0 Å². The number of rotatable bonds is 9. The lowest BCUT2D eigenvalue weighted by atomic mass is 10.3. The molecule has 0 fully saturated rings. The third-order valence-electron chi connectivity index (χ3n) is 3.90. The van der Waals surface area contributed by atoms with Gasteiger partial charge in [-0.2, -0.15) is 0 Å². The summed E-state index contributed by atoms with van der Waals surface area (Å²) < 4.78 is 7.01. The molecule has 1 aromatic carbocycles. The topological polar surface area (TPSA) is 63.6 Å². The molecule has 25 heavy (non-hydrogen) atoms. The van der Waals surface area contributed by atoms with Crippen LogP contribution in [0.25, 0.3) is 0 Å². The third-order valence-corrected chi connectivity index (χ3v) is 4.79. The van der Waals surface area contributed by atoms with Crippen LogP contribution in [0.4, 0.5) is 5.69 Å². The van der Waals surface area contributed by atoms with Gasteiger partial charge in [0.1, 0.15) is 5.75 Å². The fourth-order valence-electron chi connectivity index (χ4n) is 2.64. The number of carbonyl (C=O) groups is 1. The molecule has 1 amide bonds. The Morgan fingerprint density at radius 1 is 1.32 bits per heavy atom. The van der Waals surface area contributed by atoms with Crippen molar-refractivity contribution in [1.29, 1.82) is 0 Å². The molecule has 136 valence electrons. The summed E-state index contributed by atoms with van der Waals surface area (Å²) in [6.07, 6.45) is 0.944. The lowest BCUT2D eigenvalue weighted by molar-refractivity contribution is -0.117. The molecule has 2 aromatic rings. The number of nitrogens with zero attached hydrogens (tertiary/aromatic N) is 2. The summed E-state index contributed by atoms with van der Waals surface area (Å²) in [6, 6.07) is 7.34. The molecule has 1 aromatic heterocycles. The highest BCUT2D eigenvalue weighted by molar-refractivity contribution is 7.07. The highest BCUT2D eigenvalue weighted by Crippen LogP contribution is 2.22. The maximum atomic E-state index is 12.4. The number of carbonyl (C=O) groups excluding carboxylic acids is 1. The molecule has 2 rings (SSSR count). The zero-order valence-corrected chi connectivity index (χ0v) is 15.8. The van der Waals surface area contributed by atoms with Gasteiger partial charge in [-0.25, -0.2) is 0 Å². The zero-order chi connectivity index (χ0) is 18.2. The Bertz CT molecular complexity index is 754. The van der Waals surface area contributed by atoms with Gasteiger partial charge >= 0.3 is 4.87 Å². The van der Waals surface area contributed by atoms with Crippen LogP contribution in [0.5, 0.6) is 5.75 Å². The number of aromatic nitrogens is 1. The van der Waals surface area contributed by atoms with E-state index in [2.05, 4.69) is 17.1 Å².